The topological polar surface area (TPSA) is 56.7 Å². The van der Waals surface area contributed by atoms with Crippen molar-refractivity contribution in [2.45, 2.75) is 37.0 Å². The molecule has 0 aliphatic rings. The lowest BCUT2D eigenvalue weighted by Gasteiger charge is -2.08. The van der Waals surface area contributed by atoms with Crippen molar-refractivity contribution in [1.82, 2.24) is 14.8 Å². The number of aromatic nitrogens is 3. The van der Waals surface area contributed by atoms with E-state index in [1.165, 1.54) is 0 Å². The molecule has 0 aromatic carbocycles. The van der Waals surface area contributed by atoms with E-state index in [1.54, 1.807) is 18.0 Å². The molecule has 0 amide bonds. The third-order valence-corrected chi connectivity index (χ3v) is 3.87. The summed E-state index contributed by atoms with van der Waals surface area (Å²) in [4.78, 5) is 5.18. The van der Waals surface area contributed by atoms with Gasteiger partial charge in [-0.05, 0) is 31.5 Å². The van der Waals surface area contributed by atoms with E-state index < -0.39 is 0 Å². The molecule has 0 aliphatic carbocycles. The van der Waals surface area contributed by atoms with Crippen LogP contribution in [0, 0.1) is 0 Å². The fourth-order valence-corrected chi connectivity index (χ4v) is 2.28. The minimum Gasteiger partial charge on any atom is -0.384 e. The van der Waals surface area contributed by atoms with Crippen molar-refractivity contribution in [2.75, 3.05) is 5.73 Å². The molecule has 2 heterocycles. The molecule has 0 bridgehead atoms. The maximum Gasteiger partial charge on any atom is 0.123 e. The Bertz CT molecular complexity index is 492. The molecule has 2 N–H and O–H groups in total. The van der Waals surface area contributed by atoms with Crippen LogP contribution in [0.25, 0.3) is 0 Å². The Balaban J connectivity index is 1.94. The lowest BCUT2D eigenvalue weighted by atomic mass is 10.3. The number of nitrogens with zero attached hydrogens (tertiary/aromatic N) is 3. The third-order valence-electron chi connectivity index (χ3n) is 2.85. The van der Waals surface area contributed by atoms with E-state index in [2.05, 4.69) is 30.0 Å². The van der Waals surface area contributed by atoms with Crippen molar-refractivity contribution in [1.29, 1.82) is 0 Å². The van der Waals surface area contributed by atoms with Gasteiger partial charge in [0, 0.05) is 29.1 Å². The van der Waals surface area contributed by atoms with Crippen LogP contribution in [0.1, 0.15) is 32.0 Å². The largest absolute Gasteiger partial charge is 0.384 e. The number of anilines is 1. The standard InChI is InChI=1S/C13H18N4S/c1-3-10(2)17-7-6-11(16-17)9-18-12-4-5-13(14)15-8-12/h4-8,10H,3,9H2,1-2H3,(H2,14,15). The maximum atomic E-state index is 5.55. The molecule has 0 saturated heterocycles. The summed E-state index contributed by atoms with van der Waals surface area (Å²) in [6, 6.07) is 6.34. The first-order chi connectivity index (χ1) is 8.69. The molecule has 1 unspecified atom stereocenters. The second-order valence-corrected chi connectivity index (χ2v) is 5.30. The van der Waals surface area contributed by atoms with Crippen molar-refractivity contribution in [3.8, 4) is 0 Å². The Labute approximate surface area is 112 Å². The lowest BCUT2D eigenvalue weighted by Crippen LogP contribution is -2.04. The number of nitrogen functional groups attached to an aromatic ring is 1. The smallest absolute Gasteiger partial charge is 0.123 e. The minimum atomic E-state index is 0.460. The lowest BCUT2D eigenvalue weighted by molar-refractivity contribution is 0.475. The molecule has 0 aliphatic heterocycles. The van der Waals surface area contributed by atoms with Crippen LogP contribution in [0.4, 0.5) is 5.82 Å². The summed E-state index contributed by atoms with van der Waals surface area (Å²) < 4.78 is 2.02. The van der Waals surface area contributed by atoms with Crippen molar-refractivity contribution >= 4 is 17.6 Å². The van der Waals surface area contributed by atoms with E-state index in [-0.39, 0.29) is 0 Å². The highest BCUT2D eigenvalue weighted by molar-refractivity contribution is 7.98. The first-order valence-electron chi connectivity index (χ1n) is 6.07. The molecule has 0 spiro atoms. The predicted molar refractivity (Wildman–Crippen MR) is 75.4 cm³/mol. The summed E-state index contributed by atoms with van der Waals surface area (Å²) in [6.07, 6.45) is 4.94. The molecule has 0 radical (unpaired) electrons. The number of thioether (sulfide) groups is 1. The van der Waals surface area contributed by atoms with Gasteiger partial charge in [0.15, 0.2) is 0 Å². The van der Waals surface area contributed by atoms with E-state index >= 15 is 0 Å². The van der Waals surface area contributed by atoms with Gasteiger partial charge in [0.25, 0.3) is 0 Å². The molecule has 0 fully saturated rings. The molecule has 1 atom stereocenters. The maximum absolute atomic E-state index is 5.55. The highest BCUT2D eigenvalue weighted by Gasteiger charge is 2.05. The molecule has 2 aromatic heterocycles. The summed E-state index contributed by atoms with van der Waals surface area (Å²) in [5, 5.41) is 4.56. The van der Waals surface area contributed by atoms with Gasteiger partial charge in [0.2, 0.25) is 0 Å². The molecule has 18 heavy (non-hydrogen) atoms. The molecule has 96 valence electrons. The number of rotatable bonds is 5. The average Bonchev–Trinajstić information content (AvgIpc) is 2.86. The van der Waals surface area contributed by atoms with Crippen LogP contribution in [0.2, 0.25) is 0 Å². The fourth-order valence-electron chi connectivity index (χ4n) is 1.52. The summed E-state index contributed by atoms with van der Waals surface area (Å²) >= 11 is 1.72. The molecule has 5 heteroatoms. The number of pyridine rings is 1. The Kier molecular flexibility index (Phi) is 4.25. The van der Waals surface area contributed by atoms with Gasteiger partial charge in [0.05, 0.1) is 5.69 Å². The van der Waals surface area contributed by atoms with Gasteiger partial charge in [0.1, 0.15) is 5.82 Å². The third kappa shape index (κ3) is 3.26. The van der Waals surface area contributed by atoms with Gasteiger partial charge in [-0.15, -0.1) is 11.8 Å². The monoisotopic (exact) mass is 262 g/mol. The summed E-state index contributed by atoms with van der Waals surface area (Å²) in [5.74, 6) is 1.41. The highest BCUT2D eigenvalue weighted by Crippen LogP contribution is 2.22. The zero-order chi connectivity index (χ0) is 13.0. The van der Waals surface area contributed by atoms with E-state index in [4.69, 9.17) is 5.73 Å². The first kappa shape index (κ1) is 13.0. The Hall–Kier alpha value is -1.49. The Morgan fingerprint density at radius 1 is 1.39 bits per heavy atom. The summed E-state index contributed by atoms with van der Waals surface area (Å²) in [5.41, 5.74) is 6.64. The zero-order valence-corrected chi connectivity index (χ0v) is 11.5. The second-order valence-electron chi connectivity index (χ2n) is 4.25. The average molecular weight is 262 g/mol. The summed E-state index contributed by atoms with van der Waals surface area (Å²) in [6.45, 7) is 4.34. The van der Waals surface area contributed by atoms with Gasteiger partial charge in [-0.1, -0.05) is 6.92 Å². The van der Waals surface area contributed by atoms with Crippen LogP contribution in [-0.4, -0.2) is 14.8 Å². The van der Waals surface area contributed by atoms with Crippen molar-refractivity contribution < 1.29 is 0 Å². The van der Waals surface area contributed by atoms with Gasteiger partial charge < -0.3 is 5.73 Å². The van der Waals surface area contributed by atoms with E-state index in [1.807, 2.05) is 23.0 Å². The number of hydrogen-bond donors (Lipinski definition) is 1. The van der Waals surface area contributed by atoms with Crippen LogP contribution >= 0.6 is 11.8 Å². The molecular formula is C13H18N4S. The highest BCUT2D eigenvalue weighted by atomic mass is 32.2. The molecular weight excluding hydrogens is 244 g/mol. The Morgan fingerprint density at radius 3 is 2.89 bits per heavy atom. The van der Waals surface area contributed by atoms with Crippen LogP contribution in [0.5, 0.6) is 0 Å². The minimum absolute atomic E-state index is 0.460. The van der Waals surface area contributed by atoms with Crippen LogP contribution < -0.4 is 5.73 Å². The Morgan fingerprint density at radius 2 is 2.22 bits per heavy atom. The van der Waals surface area contributed by atoms with Crippen LogP contribution in [0.15, 0.2) is 35.5 Å². The van der Waals surface area contributed by atoms with Gasteiger partial charge in [-0.3, -0.25) is 4.68 Å². The van der Waals surface area contributed by atoms with Crippen molar-refractivity contribution in [3.63, 3.8) is 0 Å². The SMILES string of the molecule is CCC(C)n1ccc(CSc2ccc(N)nc2)n1. The molecule has 0 saturated carbocycles. The molecule has 2 aromatic rings. The van der Waals surface area contributed by atoms with Gasteiger partial charge >= 0.3 is 0 Å². The predicted octanol–water partition coefficient (Wildman–Crippen LogP) is 3.12. The fraction of sp³-hybridized carbons (Fsp3) is 0.385. The van der Waals surface area contributed by atoms with Gasteiger partial charge in [-0.25, -0.2) is 4.98 Å². The van der Waals surface area contributed by atoms with E-state index in [0.717, 1.165) is 22.8 Å². The van der Waals surface area contributed by atoms with Crippen molar-refractivity contribution in [2.24, 2.45) is 0 Å². The number of hydrogen-bond acceptors (Lipinski definition) is 4. The van der Waals surface area contributed by atoms with E-state index in [9.17, 15) is 0 Å². The van der Waals surface area contributed by atoms with Crippen molar-refractivity contribution in [3.05, 3.63) is 36.3 Å². The normalized spacial score (nSPS) is 12.6. The van der Waals surface area contributed by atoms with Crippen LogP contribution in [-0.2, 0) is 5.75 Å². The molecule has 2 rings (SSSR count). The molecule has 4 nitrogen and oxygen atoms in total. The second kappa shape index (κ2) is 5.91. The van der Waals surface area contributed by atoms with E-state index in [0.29, 0.717) is 11.9 Å². The number of nitrogens with two attached hydrogens (primary N) is 1. The quantitative estimate of drug-likeness (QED) is 0.841. The van der Waals surface area contributed by atoms with Gasteiger partial charge in [-0.2, -0.15) is 5.10 Å². The summed E-state index contributed by atoms with van der Waals surface area (Å²) in [7, 11) is 0. The zero-order valence-electron chi connectivity index (χ0n) is 10.7. The van der Waals surface area contributed by atoms with Crippen LogP contribution in [0.3, 0.4) is 0 Å². The first-order valence-corrected chi connectivity index (χ1v) is 7.06.